The lowest BCUT2D eigenvalue weighted by molar-refractivity contribution is -0.119. The number of hydrogen-bond donors (Lipinski definition) is 2. The van der Waals surface area contributed by atoms with Gasteiger partial charge >= 0.3 is 0 Å². The average Bonchev–Trinajstić information content (AvgIpc) is 2.57. The van der Waals surface area contributed by atoms with Gasteiger partial charge in [-0.15, -0.1) is 12.4 Å². The fourth-order valence-electron chi connectivity index (χ4n) is 2.03. The van der Waals surface area contributed by atoms with Gasteiger partial charge in [-0.05, 0) is 36.8 Å². The lowest BCUT2D eigenvalue weighted by atomic mass is 10.1. The minimum Gasteiger partial charge on any atom is -0.493 e. The molecule has 0 spiro atoms. The number of methoxy groups -OCH3 is 1. The van der Waals surface area contributed by atoms with E-state index in [-0.39, 0.29) is 30.5 Å². The molecule has 25 heavy (non-hydrogen) atoms. The number of ether oxygens (including phenoxy) is 2. The Balaban J connectivity index is 0.00000312. The Morgan fingerprint density at radius 2 is 1.88 bits per heavy atom. The summed E-state index contributed by atoms with van der Waals surface area (Å²) < 4.78 is 24.7. The normalized spacial score (nSPS) is 11.2. The first kappa shape index (κ1) is 20.7. The van der Waals surface area contributed by atoms with Crippen LogP contribution in [0.4, 0.5) is 10.1 Å². The minimum atomic E-state index is -0.478. The largest absolute Gasteiger partial charge is 0.493 e. The molecule has 0 saturated carbocycles. The molecule has 0 heterocycles. The van der Waals surface area contributed by atoms with Crippen LogP contribution in [0.1, 0.15) is 12.5 Å². The topological polar surface area (TPSA) is 73.6 Å². The fraction of sp³-hybridized carbons (Fsp3) is 0.278. The van der Waals surface area contributed by atoms with Gasteiger partial charge in [0.2, 0.25) is 5.91 Å². The zero-order chi connectivity index (χ0) is 17.7. The van der Waals surface area contributed by atoms with Crippen LogP contribution in [0.15, 0.2) is 36.4 Å². The second kappa shape index (κ2) is 9.25. The van der Waals surface area contributed by atoms with Gasteiger partial charge < -0.3 is 20.5 Å². The maximum Gasteiger partial charge on any atom is 0.228 e. The Labute approximate surface area is 152 Å². The van der Waals surface area contributed by atoms with E-state index < -0.39 is 11.7 Å². The predicted octanol–water partition coefficient (Wildman–Crippen LogP) is 3.89. The molecule has 136 valence electrons. The predicted molar refractivity (Wildman–Crippen MR) is 98.3 cm³/mol. The molecule has 1 amide bonds. The second-order valence-corrected chi connectivity index (χ2v) is 5.52. The quantitative estimate of drug-likeness (QED) is 0.811. The molecule has 2 aromatic carbocycles. The SMILES string of the molecule is COc1cc(C)ccc1Oc1ccc(F)cc1NC(=O)C(C)CN.Cl. The van der Waals surface area contributed by atoms with Gasteiger partial charge in [-0.2, -0.15) is 0 Å². The summed E-state index contributed by atoms with van der Waals surface area (Å²) in [5.74, 6) is 0.160. The molecule has 0 aromatic heterocycles. The molecule has 1 atom stereocenters. The Kier molecular flexibility index (Phi) is 7.67. The van der Waals surface area contributed by atoms with Crippen molar-refractivity contribution < 1.29 is 18.7 Å². The minimum absolute atomic E-state index is 0. The molecule has 0 aliphatic carbocycles. The molecule has 0 aliphatic heterocycles. The third kappa shape index (κ3) is 5.34. The van der Waals surface area contributed by atoms with Crippen molar-refractivity contribution in [2.45, 2.75) is 13.8 Å². The van der Waals surface area contributed by atoms with Gasteiger partial charge in [0, 0.05) is 18.5 Å². The number of amides is 1. The van der Waals surface area contributed by atoms with E-state index in [4.69, 9.17) is 15.2 Å². The summed E-state index contributed by atoms with van der Waals surface area (Å²) in [6, 6.07) is 9.38. The van der Waals surface area contributed by atoms with Crippen molar-refractivity contribution in [1.82, 2.24) is 0 Å². The van der Waals surface area contributed by atoms with Crippen LogP contribution in [0.5, 0.6) is 17.2 Å². The number of benzene rings is 2. The molecule has 3 N–H and O–H groups in total. The van der Waals surface area contributed by atoms with E-state index in [1.54, 1.807) is 13.0 Å². The number of carbonyl (C=O) groups excluding carboxylic acids is 1. The smallest absolute Gasteiger partial charge is 0.228 e. The summed E-state index contributed by atoms with van der Waals surface area (Å²) in [6.07, 6.45) is 0. The van der Waals surface area contributed by atoms with Gasteiger partial charge in [0.15, 0.2) is 17.2 Å². The first-order valence-corrected chi connectivity index (χ1v) is 7.57. The number of carbonyl (C=O) groups is 1. The maximum absolute atomic E-state index is 13.6. The van der Waals surface area contributed by atoms with Crippen LogP contribution in [0.2, 0.25) is 0 Å². The average molecular weight is 369 g/mol. The number of hydrogen-bond acceptors (Lipinski definition) is 4. The molecule has 2 aromatic rings. The number of nitrogens with one attached hydrogen (secondary N) is 1. The van der Waals surface area contributed by atoms with Gasteiger partial charge in [-0.3, -0.25) is 4.79 Å². The fourth-order valence-corrected chi connectivity index (χ4v) is 2.03. The van der Waals surface area contributed by atoms with E-state index in [2.05, 4.69) is 5.32 Å². The standard InChI is InChI=1S/C18H21FN2O3.ClH/c1-11-4-6-16(17(8-11)23-3)24-15-7-5-13(19)9-14(15)21-18(22)12(2)10-20;/h4-9,12H,10,20H2,1-3H3,(H,21,22);1H. The highest BCUT2D eigenvalue weighted by Crippen LogP contribution is 2.36. The van der Waals surface area contributed by atoms with Crippen LogP contribution in [-0.2, 0) is 4.79 Å². The highest BCUT2D eigenvalue weighted by molar-refractivity contribution is 5.94. The lowest BCUT2D eigenvalue weighted by Crippen LogP contribution is -2.26. The number of aryl methyl sites for hydroxylation is 1. The Morgan fingerprint density at radius 1 is 1.20 bits per heavy atom. The molecule has 7 heteroatoms. The van der Waals surface area contributed by atoms with Crippen LogP contribution >= 0.6 is 12.4 Å². The molecular weight excluding hydrogens is 347 g/mol. The van der Waals surface area contributed by atoms with Crippen LogP contribution in [0.25, 0.3) is 0 Å². The molecule has 0 aliphatic rings. The van der Waals surface area contributed by atoms with Gasteiger partial charge in [-0.1, -0.05) is 13.0 Å². The van der Waals surface area contributed by atoms with Gasteiger partial charge in [-0.25, -0.2) is 4.39 Å². The number of halogens is 2. The number of rotatable bonds is 6. The Morgan fingerprint density at radius 3 is 2.52 bits per heavy atom. The second-order valence-electron chi connectivity index (χ2n) is 5.52. The highest BCUT2D eigenvalue weighted by Gasteiger charge is 2.16. The maximum atomic E-state index is 13.6. The Hall–Kier alpha value is -2.31. The summed E-state index contributed by atoms with van der Waals surface area (Å²) in [5.41, 5.74) is 6.74. The molecule has 5 nitrogen and oxygen atoms in total. The highest BCUT2D eigenvalue weighted by atomic mass is 35.5. The molecule has 1 unspecified atom stereocenters. The summed E-state index contributed by atoms with van der Waals surface area (Å²) in [5, 5.41) is 2.65. The monoisotopic (exact) mass is 368 g/mol. The van der Waals surface area contributed by atoms with Gasteiger partial charge in [0.1, 0.15) is 5.82 Å². The molecule has 2 rings (SSSR count). The van der Waals surface area contributed by atoms with E-state index >= 15 is 0 Å². The van der Waals surface area contributed by atoms with Gasteiger partial charge in [0.25, 0.3) is 0 Å². The van der Waals surface area contributed by atoms with Crippen molar-refractivity contribution in [2.24, 2.45) is 11.7 Å². The van der Waals surface area contributed by atoms with Crippen LogP contribution < -0.4 is 20.5 Å². The molecular formula is C18H22ClFN2O3. The summed E-state index contributed by atoms with van der Waals surface area (Å²) >= 11 is 0. The van der Waals surface area contributed by atoms with E-state index in [9.17, 15) is 9.18 Å². The molecule has 0 fully saturated rings. The molecule has 0 bridgehead atoms. The third-order valence-electron chi connectivity index (χ3n) is 3.54. The van der Waals surface area contributed by atoms with Crippen molar-refractivity contribution in [2.75, 3.05) is 19.0 Å². The van der Waals surface area contributed by atoms with Crippen molar-refractivity contribution in [1.29, 1.82) is 0 Å². The van der Waals surface area contributed by atoms with Crippen molar-refractivity contribution in [3.8, 4) is 17.2 Å². The zero-order valence-corrected chi connectivity index (χ0v) is 15.2. The lowest BCUT2D eigenvalue weighted by Gasteiger charge is -2.16. The summed E-state index contributed by atoms with van der Waals surface area (Å²) in [7, 11) is 1.54. The van der Waals surface area contributed by atoms with Crippen molar-refractivity contribution >= 4 is 24.0 Å². The van der Waals surface area contributed by atoms with Crippen LogP contribution in [0.3, 0.4) is 0 Å². The van der Waals surface area contributed by atoms with Crippen molar-refractivity contribution in [3.63, 3.8) is 0 Å². The van der Waals surface area contributed by atoms with Gasteiger partial charge in [0.05, 0.1) is 12.8 Å². The molecule has 0 saturated heterocycles. The summed E-state index contributed by atoms with van der Waals surface area (Å²) in [4.78, 5) is 12.0. The molecule has 0 radical (unpaired) electrons. The van der Waals surface area contributed by atoms with Crippen LogP contribution in [0, 0.1) is 18.7 Å². The van der Waals surface area contributed by atoms with E-state index in [1.807, 2.05) is 19.1 Å². The van der Waals surface area contributed by atoms with E-state index in [0.29, 0.717) is 17.2 Å². The summed E-state index contributed by atoms with van der Waals surface area (Å²) in [6.45, 7) is 3.82. The first-order valence-electron chi connectivity index (χ1n) is 7.57. The number of anilines is 1. The van der Waals surface area contributed by atoms with E-state index in [1.165, 1.54) is 25.3 Å². The van der Waals surface area contributed by atoms with Crippen LogP contribution in [-0.4, -0.2) is 19.6 Å². The Bertz CT molecular complexity index is 740. The van der Waals surface area contributed by atoms with Crippen molar-refractivity contribution in [3.05, 3.63) is 47.8 Å². The third-order valence-corrected chi connectivity index (χ3v) is 3.54. The van der Waals surface area contributed by atoms with E-state index in [0.717, 1.165) is 5.56 Å². The zero-order valence-electron chi connectivity index (χ0n) is 14.3. The first-order chi connectivity index (χ1) is 11.4. The number of nitrogens with two attached hydrogens (primary N) is 1.